The molecule has 182 valence electrons. The van der Waals surface area contributed by atoms with Crippen molar-refractivity contribution < 1.29 is 22.6 Å². The lowest BCUT2D eigenvalue weighted by molar-refractivity contribution is -0.137. The fourth-order valence-corrected chi connectivity index (χ4v) is 3.83. The molecule has 0 aliphatic carbocycles. The summed E-state index contributed by atoms with van der Waals surface area (Å²) in [5, 5.41) is 3.27. The fraction of sp³-hybridized carbons (Fsp3) is 0.565. The molecule has 2 aliphatic rings. The van der Waals surface area contributed by atoms with Crippen molar-refractivity contribution in [2.45, 2.75) is 45.4 Å². The summed E-state index contributed by atoms with van der Waals surface area (Å²) in [4.78, 5) is 10.6. The van der Waals surface area contributed by atoms with Crippen LogP contribution in [-0.2, 0) is 15.7 Å². The van der Waals surface area contributed by atoms with E-state index < -0.39 is 11.7 Å². The van der Waals surface area contributed by atoms with Gasteiger partial charge in [0.15, 0.2) is 0 Å². The lowest BCUT2D eigenvalue weighted by Crippen LogP contribution is -2.35. The number of aliphatic imine (C=N–C) groups is 1. The smallest absolute Gasteiger partial charge is 0.417 e. The second-order valence-electron chi connectivity index (χ2n) is 8.06. The van der Waals surface area contributed by atoms with E-state index in [-0.39, 0.29) is 23.2 Å². The number of piperidine rings is 1. The largest absolute Gasteiger partial charge is 0.494 e. The van der Waals surface area contributed by atoms with Crippen LogP contribution in [0.25, 0.3) is 0 Å². The maximum Gasteiger partial charge on any atom is 0.417 e. The Morgan fingerprint density at radius 1 is 1.39 bits per heavy atom. The van der Waals surface area contributed by atoms with Crippen molar-refractivity contribution in [3.8, 4) is 0 Å². The van der Waals surface area contributed by atoms with Crippen LogP contribution in [0.15, 0.2) is 41.0 Å². The first-order chi connectivity index (χ1) is 15.8. The number of anilines is 1. The predicted octanol–water partition coefficient (Wildman–Crippen LogP) is 3.73. The number of nitrogen functional groups attached to an aromatic ring is 1. The van der Waals surface area contributed by atoms with Gasteiger partial charge in [-0.3, -0.25) is 0 Å². The number of allylic oxidation sites excluding steroid dienone is 3. The number of hydrogen-bond donors (Lipinski definition) is 2. The number of nitrogens with two attached hydrogens (primary N) is 1. The normalized spacial score (nSPS) is 21.3. The summed E-state index contributed by atoms with van der Waals surface area (Å²) in [6.07, 6.45) is 2.49. The lowest BCUT2D eigenvalue weighted by atomic mass is 10.0. The van der Waals surface area contributed by atoms with Crippen molar-refractivity contribution in [3.05, 3.63) is 47.1 Å². The van der Waals surface area contributed by atoms with Crippen LogP contribution in [-0.4, -0.2) is 61.1 Å². The molecular weight excluding hydrogens is 435 g/mol. The van der Waals surface area contributed by atoms with Gasteiger partial charge in [0.2, 0.25) is 0 Å². The van der Waals surface area contributed by atoms with Crippen molar-refractivity contribution in [1.29, 1.82) is 0 Å². The number of alkyl halides is 3. The molecule has 2 saturated heterocycles. The monoisotopic (exact) mass is 467 g/mol. The average Bonchev–Trinajstić information content (AvgIpc) is 2.79. The van der Waals surface area contributed by atoms with E-state index in [4.69, 9.17) is 20.2 Å². The molecule has 1 atom stereocenters. The van der Waals surface area contributed by atoms with Gasteiger partial charge in [-0.25, -0.2) is 9.98 Å². The van der Waals surface area contributed by atoms with Gasteiger partial charge in [-0.1, -0.05) is 6.92 Å². The van der Waals surface area contributed by atoms with E-state index in [1.54, 1.807) is 13.0 Å². The summed E-state index contributed by atoms with van der Waals surface area (Å²) < 4.78 is 53.1. The first-order valence-corrected chi connectivity index (χ1v) is 11.3. The molecule has 10 heteroatoms. The van der Waals surface area contributed by atoms with Crippen molar-refractivity contribution in [2.75, 3.05) is 45.1 Å². The Balaban J connectivity index is 2.05. The van der Waals surface area contributed by atoms with Gasteiger partial charge in [0.1, 0.15) is 17.7 Å². The van der Waals surface area contributed by atoms with E-state index in [9.17, 15) is 13.2 Å². The van der Waals surface area contributed by atoms with E-state index in [0.717, 1.165) is 31.6 Å². The Morgan fingerprint density at radius 3 is 2.79 bits per heavy atom. The van der Waals surface area contributed by atoms with Crippen LogP contribution in [0.1, 0.15) is 44.2 Å². The van der Waals surface area contributed by atoms with Crippen LogP contribution in [0.3, 0.4) is 0 Å². The number of hydrogen-bond acceptors (Lipinski definition) is 7. The number of nitrogens with one attached hydrogen (secondary N) is 1. The minimum atomic E-state index is -4.61. The van der Waals surface area contributed by atoms with Crippen molar-refractivity contribution in [1.82, 2.24) is 15.2 Å². The SMILES string of the molecule is CC/C=C(/N=C(\C=C(/C)OC1CCCNC1)c1cnc(N)cc1C(F)(F)F)N1CCOCC1. The summed E-state index contributed by atoms with van der Waals surface area (Å²) in [7, 11) is 0. The van der Waals surface area contributed by atoms with Crippen LogP contribution in [0.5, 0.6) is 0 Å². The number of pyridine rings is 1. The van der Waals surface area contributed by atoms with Crippen molar-refractivity contribution in [3.63, 3.8) is 0 Å². The van der Waals surface area contributed by atoms with E-state index in [2.05, 4.69) is 10.3 Å². The molecule has 0 amide bonds. The molecule has 3 heterocycles. The zero-order valence-corrected chi connectivity index (χ0v) is 19.1. The Hall–Kier alpha value is -2.59. The molecule has 0 spiro atoms. The Morgan fingerprint density at radius 2 is 2.15 bits per heavy atom. The summed E-state index contributed by atoms with van der Waals surface area (Å²) >= 11 is 0. The highest BCUT2D eigenvalue weighted by molar-refractivity contribution is 6.10. The minimum absolute atomic E-state index is 0.0345. The number of rotatable bonds is 7. The molecule has 33 heavy (non-hydrogen) atoms. The Labute approximate surface area is 192 Å². The summed E-state index contributed by atoms with van der Waals surface area (Å²) in [5.74, 6) is 0.891. The first kappa shape index (κ1) is 25.0. The predicted molar refractivity (Wildman–Crippen MR) is 122 cm³/mol. The summed E-state index contributed by atoms with van der Waals surface area (Å²) in [5.41, 5.74) is 4.69. The van der Waals surface area contributed by atoms with Gasteiger partial charge >= 0.3 is 6.18 Å². The van der Waals surface area contributed by atoms with E-state index in [1.807, 2.05) is 17.9 Å². The van der Waals surface area contributed by atoms with Crippen LogP contribution in [0, 0.1) is 0 Å². The highest BCUT2D eigenvalue weighted by atomic mass is 19.4. The van der Waals surface area contributed by atoms with Crippen LogP contribution in [0.2, 0.25) is 0 Å². The first-order valence-electron chi connectivity index (χ1n) is 11.3. The van der Waals surface area contributed by atoms with Gasteiger partial charge in [-0.05, 0) is 44.9 Å². The Kier molecular flexibility index (Phi) is 8.74. The topological polar surface area (TPSA) is 85.0 Å². The van der Waals surface area contributed by atoms with E-state index in [1.165, 1.54) is 0 Å². The van der Waals surface area contributed by atoms with Gasteiger partial charge in [-0.2, -0.15) is 13.2 Å². The van der Waals surface area contributed by atoms with Gasteiger partial charge in [0.05, 0.1) is 30.2 Å². The molecule has 0 saturated carbocycles. The second kappa shape index (κ2) is 11.5. The zero-order chi connectivity index (χ0) is 23.8. The highest BCUT2D eigenvalue weighted by Crippen LogP contribution is 2.33. The second-order valence-corrected chi connectivity index (χ2v) is 8.06. The number of morpholine rings is 1. The van der Waals surface area contributed by atoms with E-state index >= 15 is 0 Å². The molecule has 1 aromatic heterocycles. The van der Waals surface area contributed by atoms with Crippen LogP contribution >= 0.6 is 0 Å². The quantitative estimate of drug-likeness (QED) is 0.470. The van der Waals surface area contributed by atoms with Crippen LogP contribution < -0.4 is 11.1 Å². The number of nitrogens with zero attached hydrogens (tertiary/aromatic N) is 3. The molecule has 0 aromatic carbocycles. The third-order valence-corrected chi connectivity index (χ3v) is 5.41. The molecule has 7 nitrogen and oxygen atoms in total. The maximum atomic E-state index is 13.9. The minimum Gasteiger partial charge on any atom is -0.494 e. The molecule has 2 fully saturated rings. The fourth-order valence-electron chi connectivity index (χ4n) is 3.83. The highest BCUT2D eigenvalue weighted by Gasteiger charge is 2.35. The standard InChI is InChI=1S/C23H32F3N5O2/c1-3-5-22(31-8-10-32-11-9-31)30-20(12-16(2)33-17-6-4-7-28-14-17)18-15-29-21(27)13-19(18)23(24,25)26/h5,12-13,15,17,28H,3-4,6-11,14H2,1-2H3,(H2,27,29)/b16-12+,22-5-,30-20+. The van der Waals surface area contributed by atoms with Gasteiger partial charge in [0.25, 0.3) is 0 Å². The van der Waals surface area contributed by atoms with E-state index in [0.29, 0.717) is 50.8 Å². The molecule has 3 N–H and O–H groups in total. The third-order valence-electron chi connectivity index (χ3n) is 5.41. The zero-order valence-electron chi connectivity index (χ0n) is 19.1. The maximum absolute atomic E-state index is 13.9. The van der Waals surface area contributed by atoms with Gasteiger partial charge in [-0.15, -0.1) is 0 Å². The summed E-state index contributed by atoms with van der Waals surface area (Å²) in [6.45, 7) is 7.63. The Bertz CT molecular complexity index is 887. The molecule has 0 bridgehead atoms. The lowest BCUT2D eigenvalue weighted by Gasteiger charge is -2.29. The molecule has 2 aliphatic heterocycles. The molecule has 1 aromatic rings. The summed E-state index contributed by atoms with van der Waals surface area (Å²) in [6, 6.07) is 0.845. The van der Waals surface area contributed by atoms with Gasteiger partial charge in [0, 0.05) is 37.5 Å². The number of halogens is 3. The number of aromatic nitrogens is 1. The van der Waals surface area contributed by atoms with Crippen molar-refractivity contribution in [2.24, 2.45) is 4.99 Å². The average molecular weight is 468 g/mol. The van der Waals surface area contributed by atoms with Crippen molar-refractivity contribution >= 4 is 11.5 Å². The molecular formula is C23H32F3N5O2. The molecule has 1 unspecified atom stereocenters. The number of ether oxygens (including phenoxy) is 2. The third kappa shape index (κ3) is 7.20. The van der Waals surface area contributed by atoms with Crippen LogP contribution in [0.4, 0.5) is 19.0 Å². The van der Waals surface area contributed by atoms with Gasteiger partial charge < -0.3 is 25.4 Å². The molecule has 0 radical (unpaired) electrons. The molecule has 3 rings (SSSR count).